The minimum atomic E-state index is 0.0331. The van der Waals surface area contributed by atoms with E-state index >= 15 is 0 Å². The van der Waals surface area contributed by atoms with Crippen LogP contribution in [-0.4, -0.2) is 6.54 Å². The highest BCUT2D eigenvalue weighted by atomic mass is 35.5. The number of nitrogens with one attached hydrogen (secondary N) is 1. The number of rotatable bonds is 1. The van der Waals surface area contributed by atoms with Gasteiger partial charge in [0.05, 0.1) is 0 Å². The van der Waals surface area contributed by atoms with E-state index in [0.717, 1.165) is 11.6 Å². The van der Waals surface area contributed by atoms with Gasteiger partial charge in [0.1, 0.15) is 0 Å². The fourth-order valence-electron chi connectivity index (χ4n) is 2.83. The van der Waals surface area contributed by atoms with Gasteiger partial charge in [0.25, 0.3) is 0 Å². The van der Waals surface area contributed by atoms with E-state index < -0.39 is 0 Å². The zero-order valence-corrected chi connectivity index (χ0v) is 11.1. The van der Waals surface area contributed by atoms with Crippen LogP contribution in [-0.2, 0) is 5.54 Å². The average molecular weight is 238 g/mol. The van der Waals surface area contributed by atoms with Crippen molar-refractivity contribution < 1.29 is 0 Å². The van der Waals surface area contributed by atoms with Gasteiger partial charge in [0.15, 0.2) is 0 Å². The molecule has 1 unspecified atom stereocenters. The molecule has 0 amide bonds. The van der Waals surface area contributed by atoms with Crippen molar-refractivity contribution in [3.63, 3.8) is 0 Å². The zero-order valence-electron chi connectivity index (χ0n) is 10.3. The summed E-state index contributed by atoms with van der Waals surface area (Å²) in [6.07, 6.45) is 2.39. The lowest BCUT2D eigenvalue weighted by molar-refractivity contribution is 0.161. The Kier molecular flexibility index (Phi) is 3.02. The summed E-state index contributed by atoms with van der Waals surface area (Å²) in [4.78, 5) is 0. The SMILES string of the molecule is CC(C)(C)C1(c2ccccc2Cl)CCCN1. The number of halogens is 1. The van der Waals surface area contributed by atoms with E-state index in [2.05, 4.69) is 38.2 Å². The van der Waals surface area contributed by atoms with Crippen LogP contribution in [0.2, 0.25) is 5.02 Å². The Bertz CT molecular complexity index is 373. The molecule has 1 aliphatic rings. The highest BCUT2D eigenvalue weighted by Gasteiger charge is 2.46. The van der Waals surface area contributed by atoms with Gasteiger partial charge in [-0.2, -0.15) is 0 Å². The number of hydrogen-bond donors (Lipinski definition) is 1. The van der Waals surface area contributed by atoms with E-state index in [9.17, 15) is 0 Å². The molecule has 2 rings (SSSR count). The van der Waals surface area contributed by atoms with Crippen molar-refractivity contribution in [2.75, 3.05) is 6.54 Å². The van der Waals surface area contributed by atoms with Crippen molar-refractivity contribution in [1.82, 2.24) is 5.32 Å². The Labute approximate surface area is 103 Å². The third-order valence-corrected chi connectivity index (χ3v) is 4.10. The fourth-order valence-corrected chi connectivity index (χ4v) is 3.12. The molecule has 1 fully saturated rings. The molecule has 0 spiro atoms. The molecule has 1 atom stereocenters. The van der Waals surface area contributed by atoms with E-state index in [1.807, 2.05) is 12.1 Å². The van der Waals surface area contributed by atoms with Crippen LogP contribution < -0.4 is 5.32 Å². The van der Waals surface area contributed by atoms with Crippen molar-refractivity contribution in [2.45, 2.75) is 39.2 Å². The normalized spacial score (nSPS) is 26.0. The highest BCUT2D eigenvalue weighted by Crippen LogP contribution is 2.47. The Morgan fingerprint density at radius 1 is 1.25 bits per heavy atom. The fraction of sp³-hybridized carbons (Fsp3) is 0.571. The van der Waals surface area contributed by atoms with Gasteiger partial charge in [-0.15, -0.1) is 0 Å². The smallest absolute Gasteiger partial charge is 0.0498 e. The molecule has 0 aliphatic carbocycles. The lowest BCUT2D eigenvalue weighted by atomic mass is 9.68. The van der Waals surface area contributed by atoms with Gasteiger partial charge in [-0.05, 0) is 36.4 Å². The number of benzene rings is 1. The Morgan fingerprint density at radius 3 is 2.44 bits per heavy atom. The third kappa shape index (κ3) is 1.76. The van der Waals surface area contributed by atoms with Crippen LogP contribution in [0.1, 0.15) is 39.2 Å². The zero-order chi connectivity index (χ0) is 11.8. The van der Waals surface area contributed by atoms with E-state index in [1.165, 1.54) is 18.4 Å². The second-order valence-electron chi connectivity index (χ2n) is 5.67. The molecule has 1 heterocycles. The van der Waals surface area contributed by atoms with Crippen LogP contribution in [0.15, 0.2) is 24.3 Å². The molecule has 1 aromatic rings. The van der Waals surface area contributed by atoms with Crippen molar-refractivity contribution >= 4 is 11.6 Å². The molecule has 2 heteroatoms. The monoisotopic (exact) mass is 237 g/mol. The first kappa shape index (κ1) is 11.9. The number of hydrogen-bond acceptors (Lipinski definition) is 1. The van der Waals surface area contributed by atoms with E-state index in [0.29, 0.717) is 0 Å². The molecule has 1 aromatic carbocycles. The maximum atomic E-state index is 6.36. The van der Waals surface area contributed by atoms with Crippen LogP contribution in [0, 0.1) is 5.41 Å². The van der Waals surface area contributed by atoms with Gasteiger partial charge < -0.3 is 5.32 Å². The Morgan fingerprint density at radius 2 is 1.94 bits per heavy atom. The molecule has 0 radical (unpaired) electrons. The quantitative estimate of drug-likeness (QED) is 0.780. The molecule has 0 aromatic heterocycles. The van der Waals surface area contributed by atoms with Crippen molar-refractivity contribution in [3.05, 3.63) is 34.9 Å². The first-order valence-electron chi connectivity index (χ1n) is 5.97. The van der Waals surface area contributed by atoms with Crippen LogP contribution in [0.25, 0.3) is 0 Å². The highest BCUT2D eigenvalue weighted by molar-refractivity contribution is 6.31. The lowest BCUT2D eigenvalue weighted by Crippen LogP contribution is -2.48. The molecule has 0 saturated carbocycles. The van der Waals surface area contributed by atoms with E-state index in [-0.39, 0.29) is 11.0 Å². The van der Waals surface area contributed by atoms with E-state index in [4.69, 9.17) is 11.6 Å². The second-order valence-corrected chi connectivity index (χ2v) is 6.07. The van der Waals surface area contributed by atoms with Crippen LogP contribution in [0.5, 0.6) is 0 Å². The summed E-state index contributed by atoms with van der Waals surface area (Å²) in [7, 11) is 0. The summed E-state index contributed by atoms with van der Waals surface area (Å²) in [5.74, 6) is 0. The van der Waals surface area contributed by atoms with Crippen molar-refractivity contribution in [3.8, 4) is 0 Å². The summed E-state index contributed by atoms with van der Waals surface area (Å²) in [5, 5.41) is 4.56. The van der Waals surface area contributed by atoms with Crippen LogP contribution >= 0.6 is 11.6 Å². The lowest BCUT2D eigenvalue weighted by Gasteiger charge is -2.43. The topological polar surface area (TPSA) is 12.0 Å². The van der Waals surface area contributed by atoms with Gasteiger partial charge in [0, 0.05) is 10.6 Å². The third-order valence-electron chi connectivity index (χ3n) is 3.77. The molecule has 1 saturated heterocycles. The van der Waals surface area contributed by atoms with Gasteiger partial charge >= 0.3 is 0 Å². The van der Waals surface area contributed by atoms with Crippen molar-refractivity contribution in [1.29, 1.82) is 0 Å². The molecule has 88 valence electrons. The van der Waals surface area contributed by atoms with Gasteiger partial charge in [-0.3, -0.25) is 0 Å². The first-order valence-corrected chi connectivity index (χ1v) is 6.35. The summed E-state index contributed by atoms with van der Waals surface area (Å²) >= 11 is 6.36. The standard InChI is InChI=1S/C14H20ClN/c1-13(2,3)14(9-6-10-16-14)11-7-4-5-8-12(11)15/h4-5,7-8,16H,6,9-10H2,1-3H3. The molecular formula is C14H20ClN. The van der Waals surface area contributed by atoms with Gasteiger partial charge in [0.2, 0.25) is 0 Å². The van der Waals surface area contributed by atoms with Gasteiger partial charge in [-0.25, -0.2) is 0 Å². The largest absolute Gasteiger partial charge is 0.307 e. The van der Waals surface area contributed by atoms with Crippen LogP contribution in [0.3, 0.4) is 0 Å². The first-order chi connectivity index (χ1) is 7.47. The molecule has 1 N–H and O–H groups in total. The van der Waals surface area contributed by atoms with Crippen molar-refractivity contribution in [2.24, 2.45) is 5.41 Å². The average Bonchev–Trinajstić information content (AvgIpc) is 2.67. The molecule has 16 heavy (non-hydrogen) atoms. The predicted molar refractivity (Wildman–Crippen MR) is 69.8 cm³/mol. The second kappa shape index (κ2) is 4.05. The summed E-state index contributed by atoms with van der Waals surface area (Å²) in [5.41, 5.74) is 1.46. The van der Waals surface area contributed by atoms with Crippen LogP contribution in [0.4, 0.5) is 0 Å². The minimum Gasteiger partial charge on any atom is -0.307 e. The van der Waals surface area contributed by atoms with Gasteiger partial charge in [-0.1, -0.05) is 50.6 Å². The minimum absolute atomic E-state index is 0.0331. The predicted octanol–water partition coefficient (Wildman–Crippen LogP) is 3.96. The molecule has 0 bridgehead atoms. The summed E-state index contributed by atoms with van der Waals surface area (Å²) < 4.78 is 0. The summed E-state index contributed by atoms with van der Waals surface area (Å²) in [6, 6.07) is 8.22. The van der Waals surface area contributed by atoms with E-state index in [1.54, 1.807) is 0 Å². The molecule has 1 aliphatic heterocycles. The maximum absolute atomic E-state index is 6.36. The maximum Gasteiger partial charge on any atom is 0.0498 e. The summed E-state index contributed by atoms with van der Waals surface area (Å²) in [6.45, 7) is 7.94. The Hall–Kier alpha value is -0.530. The molecule has 1 nitrogen and oxygen atoms in total. The molecular weight excluding hydrogens is 218 g/mol. The Balaban J connectivity index is 2.53.